The smallest absolute Gasteiger partial charge is 0.317 e. The second-order valence-electron chi connectivity index (χ2n) is 9.97. The average molecular weight is 535 g/mol. The van der Waals surface area contributed by atoms with Crippen LogP contribution >= 0.6 is 11.6 Å². The summed E-state index contributed by atoms with van der Waals surface area (Å²) >= 11 is 6.37. The lowest BCUT2D eigenvalue weighted by Crippen LogP contribution is -2.28. The van der Waals surface area contributed by atoms with Gasteiger partial charge in [-0.15, -0.1) is 0 Å². The molecule has 0 amide bonds. The molecular weight excluding hydrogens is 492 g/mol. The molecule has 6 nitrogen and oxygen atoms in total. The van der Waals surface area contributed by atoms with Crippen LogP contribution in [-0.2, 0) is 9.59 Å². The molecule has 0 saturated heterocycles. The lowest BCUT2D eigenvalue weighted by atomic mass is 9.90. The summed E-state index contributed by atoms with van der Waals surface area (Å²) in [6, 6.07) is 5.16. The number of hydrogen-bond donors (Lipinski definition) is 0. The SMILES string of the molecule is CCCCCCCC(=O)Oc1c(OCCC)c(OCCC)c(OC(=O)C(C)(C)CC)c2ccc(Cl)cc12. The Morgan fingerprint density at radius 2 is 1.35 bits per heavy atom. The first kappa shape index (κ1) is 30.8. The van der Waals surface area contributed by atoms with Crippen LogP contribution < -0.4 is 18.9 Å². The van der Waals surface area contributed by atoms with E-state index >= 15 is 0 Å². The van der Waals surface area contributed by atoms with Crippen LogP contribution in [0.25, 0.3) is 10.8 Å². The van der Waals surface area contributed by atoms with Gasteiger partial charge in [0, 0.05) is 22.2 Å². The molecule has 37 heavy (non-hydrogen) atoms. The number of carbonyl (C=O) groups is 2. The number of carbonyl (C=O) groups excluding carboxylic acids is 2. The van der Waals surface area contributed by atoms with Gasteiger partial charge in [0.2, 0.25) is 11.5 Å². The van der Waals surface area contributed by atoms with E-state index in [2.05, 4.69) is 6.92 Å². The highest BCUT2D eigenvalue weighted by molar-refractivity contribution is 6.31. The Bertz CT molecular complexity index is 1050. The molecule has 0 aliphatic rings. The van der Waals surface area contributed by atoms with E-state index in [0.29, 0.717) is 41.9 Å². The predicted molar refractivity (Wildman–Crippen MR) is 149 cm³/mol. The molecule has 2 aromatic carbocycles. The quantitative estimate of drug-likeness (QED) is 0.122. The van der Waals surface area contributed by atoms with Gasteiger partial charge in [0.25, 0.3) is 0 Å². The Morgan fingerprint density at radius 3 is 1.92 bits per heavy atom. The van der Waals surface area contributed by atoms with E-state index in [9.17, 15) is 9.59 Å². The van der Waals surface area contributed by atoms with Crippen molar-refractivity contribution >= 4 is 34.3 Å². The van der Waals surface area contributed by atoms with Gasteiger partial charge in [0.15, 0.2) is 11.5 Å². The fourth-order valence-corrected chi connectivity index (χ4v) is 3.81. The number of hydrogen-bond acceptors (Lipinski definition) is 6. The number of esters is 2. The fourth-order valence-electron chi connectivity index (χ4n) is 3.64. The summed E-state index contributed by atoms with van der Waals surface area (Å²) in [4.78, 5) is 26.1. The van der Waals surface area contributed by atoms with Gasteiger partial charge in [0.05, 0.1) is 18.6 Å². The average Bonchev–Trinajstić information content (AvgIpc) is 2.87. The summed E-state index contributed by atoms with van der Waals surface area (Å²) in [5.41, 5.74) is -0.700. The van der Waals surface area contributed by atoms with Crippen LogP contribution in [0.3, 0.4) is 0 Å². The summed E-state index contributed by atoms with van der Waals surface area (Å²) in [7, 11) is 0. The highest BCUT2D eigenvalue weighted by atomic mass is 35.5. The zero-order chi connectivity index (χ0) is 27.4. The molecule has 0 unspecified atom stereocenters. The Kier molecular flexibility index (Phi) is 12.5. The van der Waals surface area contributed by atoms with Crippen molar-refractivity contribution in [1.29, 1.82) is 0 Å². The highest BCUT2D eigenvalue weighted by Crippen LogP contribution is 2.52. The lowest BCUT2D eigenvalue weighted by Gasteiger charge is -2.25. The molecule has 0 fully saturated rings. The largest absolute Gasteiger partial charge is 0.486 e. The van der Waals surface area contributed by atoms with E-state index in [1.54, 1.807) is 18.2 Å². The zero-order valence-electron chi connectivity index (χ0n) is 23.3. The van der Waals surface area contributed by atoms with Crippen molar-refractivity contribution in [3.05, 3.63) is 23.2 Å². The van der Waals surface area contributed by atoms with Crippen molar-refractivity contribution in [2.45, 2.75) is 99.3 Å². The Morgan fingerprint density at radius 1 is 0.757 bits per heavy atom. The minimum atomic E-state index is -0.700. The van der Waals surface area contributed by atoms with Crippen molar-refractivity contribution in [3.63, 3.8) is 0 Å². The fraction of sp³-hybridized carbons (Fsp3) is 0.600. The van der Waals surface area contributed by atoms with Crippen molar-refractivity contribution in [3.8, 4) is 23.0 Å². The first-order chi connectivity index (χ1) is 17.7. The maximum Gasteiger partial charge on any atom is 0.317 e. The first-order valence-electron chi connectivity index (χ1n) is 13.7. The Balaban J connectivity index is 2.66. The molecule has 0 aliphatic carbocycles. The molecule has 0 radical (unpaired) electrons. The Labute approximate surface area is 226 Å². The number of ether oxygens (including phenoxy) is 4. The van der Waals surface area contributed by atoms with Gasteiger partial charge in [0.1, 0.15) is 0 Å². The molecule has 0 spiro atoms. The molecule has 0 aromatic heterocycles. The molecule has 0 bridgehead atoms. The maximum absolute atomic E-state index is 13.2. The molecule has 0 aliphatic heterocycles. The van der Waals surface area contributed by atoms with Crippen molar-refractivity contribution in [2.24, 2.45) is 5.41 Å². The molecule has 2 rings (SSSR count). The summed E-state index contributed by atoms with van der Waals surface area (Å²) in [5, 5.41) is 1.54. The summed E-state index contributed by atoms with van der Waals surface area (Å²) in [6.07, 6.45) is 7.47. The Hall–Kier alpha value is -2.47. The van der Waals surface area contributed by atoms with Gasteiger partial charge < -0.3 is 18.9 Å². The minimum Gasteiger partial charge on any atom is -0.486 e. The third-order valence-electron chi connectivity index (χ3n) is 6.32. The summed E-state index contributed by atoms with van der Waals surface area (Å²) in [5.74, 6) is 0.267. The molecule has 0 atom stereocenters. The number of halogens is 1. The van der Waals surface area contributed by atoms with Gasteiger partial charge in [-0.3, -0.25) is 9.59 Å². The van der Waals surface area contributed by atoms with Crippen LogP contribution in [0.15, 0.2) is 18.2 Å². The van der Waals surface area contributed by atoms with E-state index in [-0.39, 0.29) is 34.9 Å². The van der Waals surface area contributed by atoms with Gasteiger partial charge in [-0.25, -0.2) is 0 Å². The summed E-state index contributed by atoms with van der Waals surface area (Å²) in [6.45, 7) is 12.5. The van der Waals surface area contributed by atoms with Gasteiger partial charge >= 0.3 is 11.9 Å². The number of rotatable bonds is 16. The number of unbranched alkanes of at least 4 members (excludes halogenated alkanes) is 4. The van der Waals surface area contributed by atoms with Crippen LogP contribution in [0.1, 0.15) is 99.3 Å². The molecule has 0 N–H and O–H groups in total. The van der Waals surface area contributed by atoms with Gasteiger partial charge in [-0.05, 0) is 57.7 Å². The third-order valence-corrected chi connectivity index (χ3v) is 6.56. The van der Waals surface area contributed by atoms with Gasteiger partial charge in [-0.2, -0.15) is 0 Å². The molecule has 0 saturated carbocycles. The lowest BCUT2D eigenvalue weighted by molar-refractivity contribution is -0.144. The van der Waals surface area contributed by atoms with E-state index in [0.717, 1.165) is 44.9 Å². The first-order valence-corrected chi connectivity index (χ1v) is 14.1. The molecule has 2 aromatic rings. The van der Waals surface area contributed by atoms with Crippen LogP contribution in [0.5, 0.6) is 23.0 Å². The normalized spacial score (nSPS) is 11.4. The monoisotopic (exact) mass is 534 g/mol. The topological polar surface area (TPSA) is 71.1 Å². The van der Waals surface area contributed by atoms with E-state index < -0.39 is 5.41 Å². The van der Waals surface area contributed by atoms with Gasteiger partial charge in [-0.1, -0.05) is 65.0 Å². The van der Waals surface area contributed by atoms with Crippen LogP contribution in [0.4, 0.5) is 0 Å². The third kappa shape index (κ3) is 8.53. The van der Waals surface area contributed by atoms with Crippen molar-refractivity contribution < 1.29 is 28.5 Å². The van der Waals surface area contributed by atoms with Crippen LogP contribution in [0.2, 0.25) is 5.02 Å². The highest BCUT2D eigenvalue weighted by Gasteiger charge is 2.32. The predicted octanol–water partition coefficient (Wildman–Crippen LogP) is 8.68. The molecular formula is C30H43ClO6. The number of benzene rings is 2. The van der Waals surface area contributed by atoms with Crippen LogP contribution in [0, 0.1) is 5.41 Å². The zero-order valence-corrected chi connectivity index (χ0v) is 24.1. The van der Waals surface area contributed by atoms with Crippen molar-refractivity contribution in [1.82, 2.24) is 0 Å². The van der Waals surface area contributed by atoms with E-state index in [1.807, 2.05) is 34.6 Å². The molecule has 7 heteroatoms. The van der Waals surface area contributed by atoms with E-state index in [1.165, 1.54) is 0 Å². The second kappa shape index (κ2) is 15.1. The minimum absolute atomic E-state index is 0.241. The molecule has 206 valence electrons. The van der Waals surface area contributed by atoms with Crippen LogP contribution in [-0.4, -0.2) is 25.2 Å². The molecule has 0 heterocycles. The second-order valence-corrected chi connectivity index (χ2v) is 10.4. The maximum atomic E-state index is 13.2. The number of fused-ring (bicyclic) bond motifs is 1. The van der Waals surface area contributed by atoms with Crippen molar-refractivity contribution in [2.75, 3.05) is 13.2 Å². The summed E-state index contributed by atoms with van der Waals surface area (Å²) < 4.78 is 24.2. The standard InChI is InChI=1S/C30H43ClO6/c1-7-11-12-13-14-15-24(32)36-26-23-20-21(31)16-17-22(23)25(37-29(33)30(5,6)10-4)27(34-18-8-2)28(26)35-19-9-3/h16-17,20H,7-15,18-19H2,1-6H3. The van der Waals surface area contributed by atoms with E-state index in [4.69, 9.17) is 30.5 Å².